The minimum Gasteiger partial charge on any atom is -0.480 e. The molecule has 48 valence electrons. The third-order valence-electron chi connectivity index (χ3n) is 1.43. The smallest absolute Gasteiger partial charge is 0.327 e. The quantitative estimate of drug-likeness (QED) is 0.487. The predicted molar refractivity (Wildman–Crippen MR) is 28.4 cm³/mol. The van der Waals surface area contributed by atoms with E-state index < -0.39 is 12.0 Å². The van der Waals surface area contributed by atoms with Gasteiger partial charge in [-0.05, 0) is 6.42 Å². The molecule has 1 N–H and O–H groups in total. The lowest BCUT2D eigenvalue weighted by Crippen LogP contribution is -2.49. The number of aliphatic carboxylic acids is 1. The van der Waals surface area contributed by atoms with Gasteiger partial charge in [-0.15, -0.1) is 0 Å². The van der Waals surface area contributed by atoms with E-state index in [-0.39, 0.29) is 0 Å². The molecule has 0 aromatic rings. The largest absolute Gasteiger partial charge is 0.480 e. The standard InChI is InChI=1S/C5H6N2O2/c6-3-7-2-1-4(7)5(8)9/h4H,1-2H2,(H,8,9)/t4-/m0/s1. The van der Waals surface area contributed by atoms with Gasteiger partial charge in [-0.1, -0.05) is 0 Å². The molecule has 4 heteroatoms. The topological polar surface area (TPSA) is 64.3 Å². The number of carboxylic acids is 1. The molecule has 4 nitrogen and oxygen atoms in total. The van der Waals surface area contributed by atoms with Crippen LogP contribution in [0.1, 0.15) is 6.42 Å². The van der Waals surface area contributed by atoms with Gasteiger partial charge in [-0.3, -0.25) is 4.90 Å². The number of likely N-dealkylation sites (tertiary alicyclic amines) is 1. The summed E-state index contributed by atoms with van der Waals surface area (Å²) in [6, 6.07) is -0.546. The number of carboxylic acid groups (broad SMARTS) is 1. The summed E-state index contributed by atoms with van der Waals surface area (Å²) in [5.74, 6) is -0.900. The lowest BCUT2D eigenvalue weighted by Gasteiger charge is -2.32. The molecule has 0 spiro atoms. The van der Waals surface area contributed by atoms with E-state index in [1.165, 1.54) is 4.90 Å². The number of rotatable bonds is 1. The van der Waals surface area contributed by atoms with Crippen LogP contribution < -0.4 is 0 Å². The molecule has 0 aromatic heterocycles. The highest BCUT2D eigenvalue weighted by atomic mass is 16.4. The van der Waals surface area contributed by atoms with Crippen LogP contribution in [0.2, 0.25) is 0 Å². The maximum atomic E-state index is 10.2. The highest BCUT2D eigenvalue weighted by molar-refractivity contribution is 5.74. The first-order chi connectivity index (χ1) is 4.25. The Balaban J connectivity index is 2.47. The summed E-state index contributed by atoms with van der Waals surface area (Å²) in [6.07, 6.45) is 2.39. The minimum atomic E-state index is -0.900. The van der Waals surface area contributed by atoms with Gasteiger partial charge in [0.2, 0.25) is 0 Å². The van der Waals surface area contributed by atoms with Crippen molar-refractivity contribution in [2.75, 3.05) is 6.54 Å². The molecule has 0 saturated carbocycles. The summed E-state index contributed by atoms with van der Waals surface area (Å²) in [7, 11) is 0. The molecule has 1 rings (SSSR count). The average molecular weight is 126 g/mol. The highest BCUT2D eigenvalue weighted by Gasteiger charge is 2.32. The molecule has 1 aliphatic heterocycles. The molecule has 0 unspecified atom stereocenters. The summed E-state index contributed by atoms with van der Waals surface area (Å²) < 4.78 is 0. The first kappa shape index (κ1) is 5.89. The van der Waals surface area contributed by atoms with Crippen molar-refractivity contribution in [3.05, 3.63) is 0 Å². The molecule has 0 radical (unpaired) electrons. The van der Waals surface area contributed by atoms with Crippen LogP contribution in [-0.2, 0) is 4.79 Å². The van der Waals surface area contributed by atoms with Crippen molar-refractivity contribution < 1.29 is 9.90 Å². The van der Waals surface area contributed by atoms with Gasteiger partial charge in [0.1, 0.15) is 6.04 Å². The Morgan fingerprint density at radius 1 is 1.89 bits per heavy atom. The van der Waals surface area contributed by atoms with Crippen molar-refractivity contribution in [3.8, 4) is 6.19 Å². The van der Waals surface area contributed by atoms with Crippen LogP contribution in [0.15, 0.2) is 0 Å². The summed E-state index contributed by atoms with van der Waals surface area (Å²) in [5, 5.41) is 16.6. The fourth-order valence-corrected chi connectivity index (χ4v) is 0.764. The molecule has 1 atom stereocenters. The zero-order valence-electron chi connectivity index (χ0n) is 4.74. The van der Waals surface area contributed by atoms with Gasteiger partial charge >= 0.3 is 5.97 Å². The van der Waals surface area contributed by atoms with Gasteiger partial charge in [-0.2, -0.15) is 5.26 Å². The molecule has 1 saturated heterocycles. The van der Waals surface area contributed by atoms with Crippen molar-refractivity contribution in [2.45, 2.75) is 12.5 Å². The molecule has 1 aliphatic rings. The Morgan fingerprint density at radius 3 is 2.67 bits per heavy atom. The average Bonchev–Trinajstić information content (AvgIpc) is 1.61. The Hall–Kier alpha value is -1.24. The minimum absolute atomic E-state index is 0.546. The lowest BCUT2D eigenvalue weighted by molar-refractivity contribution is -0.145. The molecule has 0 bridgehead atoms. The van der Waals surface area contributed by atoms with Crippen LogP contribution >= 0.6 is 0 Å². The third-order valence-corrected chi connectivity index (χ3v) is 1.43. The number of nitriles is 1. The van der Waals surface area contributed by atoms with Crippen molar-refractivity contribution in [3.63, 3.8) is 0 Å². The molecular weight excluding hydrogens is 120 g/mol. The van der Waals surface area contributed by atoms with Crippen LogP contribution in [0.5, 0.6) is 0 Å². The maximum Gasteiger partial charge on any atom is 0.327 e. The fourth-order valence-electron chi connectivity index (χ4n) is 0.764. The number of carbonyl (C=O) groups is 1. The van der Waals surface area contributed by atoms with Gasteiger partial charge in [0, 0.05) is 6.54 Å². The maximum absolute atomic E-state index is 10.2. The SMILES string of the molecule is N#CN1CC[C@H]1C(=O)O. The van der Waals surface area contributed by atoms with Crippen LogP contribution in [0.3, 0.4) is 0 Å². The van der Waals surface area contributed by atoms with Crippen LogP contribution in [0.4, 0.5) is 0 Å². The molecule has 9 heavy (non-hydrogen) atoms. The molecular formula is C5H6N2O2. The third kappa shape index (κ3) is 0.809. The van der Waals surface area contributed by atoms with Crippen molar-refractivity contribution in [1.29, 1.82) is 5.26 Å². The second kappa shape index (κ2) is 1.94. The zero-order chi connectivity index (χ0) is 6.85. The van der Waals surface area contributed by atoms with E-state index in [2.05, 4.69) is 0 Å². The van der Waals surface area contributed by atoms with E-state index in [1.54, 1.807) is 6.19 Å². The van der Waals surface area contributed by atoms with Crippen molar-refractivity contribution in [2.24, 2.45) is 0 Å². The Labute approximate surface area is 52.3 Å². The number of nitrogens with zero attached hydrogens (tertiary/aromatic N) is 2. The summed E-state index contributed by atoms with van der Waals surface area (Å²) >= 11 is 0. The van der Waals surface area contributed by atoms with E-state index in [1.807, 2.05) is 0 Å². The van der Waals surface area contributed by atoms with E-state index in [0.29, 0.717) is 13.0 Å². The van der Waals surface area contributed by atoms with Gasteiger partial charge in [0.05, 0.1) is 0 Å². The van der Waals surface area contributed by atoms with Crippen molar-refractivity contribution in [1.82, 2.24) is 4.90 Å². The molecule has 1 heterocycles. The van der Waals surface area contributed by atoms with Crippen molar-refractivity contribution >= 4 is 5.97 Å². The normalized spacial score (nSPS) is 24.3. The summed E-state index contributed by atoms with van der Waals surface area (Å²) in [4.78, 5) is 11.4. The Bertz CT molecular complexity index is 172. The van der Waals surface area contributed by atoms with Gasteiger partial charge in [-0.25, -0.2) is 4.79 Å². The van der Waals surface area contributed by atoms with Crippen LogP contribution in [-0.4, -0.2) is 28.6 Å². The summed E-state index contributed by atoms with van der Waals surface area (Å²) in [6.45, 7) is 0.591. The molecule has 1 fully saturated rings. The molecule has 0 aromatic carbocycles. The lowest BCUT2D eigenvalue weighted by atomic mass is 10.1. The molecule has 0 aliphatic carbocycles. The van der Waals surface area contributed by atoms with Crippen LogP contribution in [0, 0.1) is 11.5 Å². The fraction of sp³-hybridized carbons (Fsp3) is 0.600. The second-order valence-electron chi connectivity index (χ2n) is 1.94. The first-order valence-corrected chi connectivity index (χ1v) is 2.65. The van der Waals surface area contributed by atoms with Gasteiger partial charge < -0.3 is 5.11 Å². The van der Waals surface area contributed by atoms with E-state index in [0.717, 1.165) is 0 Å². The van der Waals surface area contributed by atoms with Crippen LogP contribution in [0.25, 0.3) is 0 Å². The molecule has 0 amide bonds. The monoisotopic (exact) mass is 126 g/mol. The number of hydrogen-bond donors (Lipinski definition) is 1. The first-order valence-electron chi connectivity index (χ1n) is 2.65. The van der Waals surface area contributed by atoms with E-state index >= 15 is 0 Å². The van der Waals surface area contributed by atoms with E-state index in [4.69, 9.17) is 10.4 Å². The van der Waals surface area contributed by atoms with E-state index in [9.17, 15) is 4.79 Å². The van der Waals surface area contributed by atoms with Gasteiger partial charge in [0.15, 0.2) is 6.19 Å². The Kier molecular flexibility index (Phi) is 1.27. The van der Waals surface area contributed by atoms with Gasteiger partial charge in [0.25, 0.3) is 0 Å². The Morgan fingerprint density at radius 2 is 2.56 bits per heavy atom. The number of hydrogen-bond acceptors (Lipinski definition) is 3. The highest BCUT2D eigenvalue weighted by Crippen LogP contribution is 2.14. The zero-order valence-corrected chi connectivity index (χ0v) is 4.74. The summed E-state index contributed by atoms with van der Waals surface area (Å²) in [5.41, 5.74) is 0. The second-order valence-corrected chi connectivity index (χ2v) is 1.94. The predicted octanol–water partition coefficient (Wildman–Crippen LogP) is -0.374.